The van der Waals surface area contributed by atoms with E-state index in [1.807, 2.05) is 31.2 Å². The number of rotatable bonds is 4. The Balaban J connectivity index is 1.41. The number of benzene rings is 3. The van der Waals surface area contributed by atoms with Gasteiger partial charge in [0.05, 0.1) is 10.4 Å². The second-order valence-corrected chi connectivity index (χ2v) is 10.7. The number of para-hydroxylation sites is 1. The molecule has 0 atom stereocenters. The first-order chi connectivity index (χ1) is 17.4. The van der Waals surface area contributed by atoms with Gasteiger partial charge in [0.25, 0.3) is 0 Å². The second-order valence-electron chi connectivity index (χ2n) is 8.85. The molecule has 8 nitrogen and oxygen atoms in total. The van der Waals surface area contributed by atoms with Crippen molar-refractivity contribution in [3.05, 3.63) is 84.2 Å². The fraction of sp³-hybridized carbons (Fsp3) is 0.192. The second kappa shape index (κ2) is 8.56. The Kier molecular flexibility index (Phi) is 5.33. The van der Waals surface area contributed by atoms with E-state index in [0.29, 0.717) is 18.9 Å². The van der Waals surface area contributed by atoms with Gasteiger partial charge >= 0.3 is 0 Å². The van der Waals surface area contributed by atoms with Crippen molar-refractivity contribution in [2.24, 2.45) is 0 Å². The van der Waals surface area contributed by atoms with Crippen molar-refractivity contribution < 1.29 is 12.8 Å². The summed E-state index contributed by atoms with van der Waals surface area (Å²) in [5.41, 5.74) is 2.87. The minimum Gasteiger partial charge on any atom is -0.368 e. The number of aryl methyl sites for hydroxylation is 1. The third kappa shape index (κ3) is 3.74. The van der Waals surface area contributed by atoms with Gasteiger partial charge in [-0.3, -0.25) is 0 Å². The Morgan fingerprint density at radius 2 is 1.50 bits per heavy atom. The Bertz CT molecular complexity index is 1680. The van der Waals surface area contributed by atoms with E-state index >= 15 is 0 Å². The Morgan fingerprint density at radius 3 is 2.22 bits per heavy atom. The number of halogens is 1. The summed E-state index contributed by atoms with van der Waals surface area (Å²) >= 11 is 0. The van der Waals surface area contributed by atoms with Gasteiger partial charge in [-0.2, -0.15) is 4.52 Å². The van der Waals surface area contributed by atoms with E-state index in [-0.39, 0.29) is 21.4 Å². The van der Waals surface area contributed by atoms with E-state index in [1.165, 1.54) is 16.6 Å². The predicted molar refractivity (Wildman–Crippen MR) is 136 cm³/mol. The van der Waals surface area contributed by atoms with Crippen LogP contribution in [-0.4, -0.2) is 54.4 Å². The van der Waals surface area contributed by atoms with Gasteiger partial charge in [-0.1, -0.05) is 35.0 Å². The van der Waals surface area contributed by atoms with Crippen molar-refractivity contribution in [2.45, 2.75) is 16.8 Å². The lowest BCUT2D eigenvalue weighted by Crippen LogP contribution is -2.47. The lowest BCUT2D eigenvalue weighted by atomic mass is 10.2. The van der Waals surface area contributed by atoms with Gasteiger partial charge in [0.2, 0.25) is 14.9 Å². The average molecular weight is 503 g/mol. The van der Waals surface area contributed by atoms with Crippen molar-refractivity contribution in [1.29, 1.82) is 0 Å². The van der Waals surface area contributed by atoms with Gasteiger partial charge in [0, 0.05) is 37.3 Å². The first kappa shape index (κ1) is 22.4. The molecule has 6 rings (SSSR count). The zero-order valence-electron chi connectivity index (χ0n) is 19.5. The van der Waals surface area contributed by atoms with Gasteiger partial charge in [0.1, 0.15) is 11.6 Å². The molecule has 0 unspecified atom stereocenters. The molecule has 1 fully saturated rings. The number of nitrogens with zero attached hydrogens (tertiary/aromatic N) is 6. The zero-order chi connectivity index (χ0) is 24.9. The van der Waals surface area contributed by atoms with Gasteiger partial charge in [0.15, 0.2) is 5.65 Å². The molecular formula is C26H23FN6O2S. The third-order valence-electron chi connectivity index (χ3n) is 6.56. The summed E-state index contributed by atoms with van der Waals surface area (Å²) in [6, 6.07) is 20.8. The van der Waals surface area contributed by atoms with Crippen LogP contribution in [0.3, 0.4) is 0 Å². The maximum atomic E-state index is 13.5. The summed E-state index contributed by atoms with van der Waals surface area (Å²) in [6.07, 6.45) is 0. The molecule has 0 N–H and O–H groups in total. The van der Waals surface area contributed by atoms with Gasteiger partial charge in [-0.05, 0) is 55.5 Å². The molecule has 1 aliphatic heterocycles. The molecule has 0 bridgehead atoms. The third-order valence-corrected chi connectivity index (χ3v) is 8.22. The molecule has 2 aromatic heterocycles. The average Bonchev–Trinajstić information content (AvgIpc) is 3.34. The lowest BCUT2D eigenvalue weighted by molar-refractivity contribution is 0.592. The van der Waals surface area contributed by atoms with E-state index in [2.05, 4.69) is 20.1 Å². The number of sulfone groups is 1. The Morgan fingerprint density at radius 1 is 0.833 bits per heavy atom. The Labute approximate surface area is 207 Å². The predicted octanol–water partition coefficient (Wildman–Crippen LogP) is 3.88. The standard InChI is InChI=1S/C26H23FN6O2S/c1-18-6-12-21(13-7-18)36(34,35)26-25-28-24(22-4-2-3-5-23(22)33(25)30-29-26)32-16-14-31(15-17-32)20-10-8-19(27)9-11-20/h2-13H,14-17H2,1H3. The van der Waals surface area contributed by atoms with Crippen LogP contribution in [-0.2, 0) is 9.84 Å². The maximum Gasteiger partial charge on any atom is 0.229 e. The summed E-state index contributed by atoms with van der Waals surface area (Å²) in [6.45, 7) is 4.69. The molecular weight excluding hydrogens is 479 g/mol. The highest BCUT2D eigenvalue weighted by molar-refractivity contribution is 7.91. The quantitative estimate of drug-likeness (QED) is 0.369. The summed E-state index contributed by atoms with van der Waals surface area (Å²) in [4.78, 5) is 9.32. The molecule has 10 heteroatoms. The van der Waals surface area contributed by atoms with E-state index < -0.39 is 9.84 Å². The van der Waals surface area contributed by atoms with Crippen LogP contribution in [0.15, 0.2) is 82.7 Å². The van der Waals surface area contributed by atoms with Crippen LogP contribution in [0.4, 0.5) is 15.9 Å². The van der Waals surface area contributed by atoms with Gasteiger partial charge < -0.3 is 9.80 Å². The fourth-order valence-corrected chi connectivity index (χ4v) is 5.83. The summed E-state index contributed by atoms with van der Waals surface area (Å²) in [5.74, 6) is 0.437. The van der Waals surface area contributed by atoms with Crippen LogP contribution in [0.1, 0.15) is 5.56 Å². The largest absolute Gasteiger partial charge is 0.368 e. The van der Waals surface area contributed by atoms with Gasteiger partial charge in [-0.15, -0.1) is 5.10 Å². The molecule has 5 aromatic rings. The van der Waals surface area contributed by atoms with E-state index in [4.69, 9.17) is 4.98 Å². The summed E-state index contributed by atoms with van der Waals surface area (Å²) in [5, 5.41) is 8.94. The topological polar surface area (TPSA) is 83.7 Å². The van der Waals surface area contributed by atoms with Crippen molar-refractivity contribution in [3.8, 4) is 0 Å². The number of aromatic nitrogens is 4. The van der Waals surface area contributed by atoms with E-state index in [1.54, 1.807) is 36.4 Å². The van der Waals surface area contributed by atoms with Crippen molar-refractivity contribution >= 4 is 37.9 Å². The molecule has 1 saturated heterocycles. The normalized spacial score (nSPS) is 14.6. The number of hydrogen-bond acceptors (Lipinski definition) is 7. The van der Waals surface area contributed by atoms with Crippen LogP contribution in [0.2, 0.25) is 0 Å². The Hall–Kier alpha value is -4.05. The zero-order valence-corrected chi connectivity index (χ0v) is 20.4. The highest BCUT2D eigenvalue weighted by Gasteiger charge is 2.28. The molecule has 3 aromatic carbocycles. The summed E-state index contributed by atoms with van der Waals surface area (Å²) < 4.78 is 41.8. The fourth-order valence-electron chi connectivity index (χ4n) is 4.60. The molecule has 0 saturated carbocycles. The monoisotopic (exact) mass is 502 g/mol. The number of piperazine rings is 1. The van der Waals surface area contributed by atoms with Crippen molar-refractivity contribution in [1.82, 2.24) is 19.8 Å². The molecule has 1 aliphatic rings. The highest BCUT2D eigenvalue weighted by Crippen LogP contribution is 2.31. The van der Waals surface area contributed by atoms with Crippen molar-refractivity contribution in [3.63, 3.8) is 0 Å². The van der Waals surface area contributed by atoms with E-state index in [9.17, 15) is 12.8 Å². The number of anilines is 2. The van der Waals surface area contributed by atoms with Crippen LogP contribution in [0.25, 0.3) is 16.6 Å². The minimum absolute atomic E-state index is 0.153. The SMILES string of the molecule is Cc1ccc(S(=O)(=O)c2nnn3c2nc(N2CCN(c4ccc(F)cc4)CC2)c2ccccc23)cc1. The van der Waals surface area contributed by atoms with E-state index in [0.717, 1.165) is 35.2 Å². The van der Waals surface area contributed by atoms with Crippen LogP contribution >= 0.6 is 0 Å². The summed E-state index contributed by atoms with van der Waals surface area (Å²) in [7, 11) is -3.92. The first-order valence-corrected chi connectivity index (χ1v) is 13.1. The van der Waals surface area contributed by atoms with Crippen molar-refractivity contribution in [2.75, 3.05) is 36.0 Å². The molecule has 0 aliphatic carbocycles. The minimum atomic E-state index is -3.92. The van der Waals surface area contributed by atoms with Crippen LogP contribution < -0.4 is 9.80 Å². The van der Waals surface area contributed by atoms with Gasteiger partial charge in [-0.25, -0.2) is 17.8 Å². The molecule has 0 spiro atoms. The molecule has 182 valence electrons. The molecule has 3 heterocycles. The highest BCUT2D eigenvalue weighted by atomic mass is 32.2. The van der Waals surface area contributed by atoms with Crippen LogP contribution in [0.5, 0.6) is 0 Å². The lowest BCUT2D eigenvalue weighted by Gasteiger charge is -2.37. The number of hydrogen-bond donors (Lipinski definition) is 0. The molecule has 0 radical (unpaired) electrons. The molecule has 36 heavy (non-hydrogen) atoms. The molecule has 0 amide bonds. The smallest absolute Gasteiger partial charge is 0.229 e. The first-order valence-electron chi connectivity index (χ1n) is 11.6. The van der Waals surface area contributed by atoms with Crippen LogP contribution in [0, 0.1) is 12.7 Å². The maximum absolute atomic E-state index is 13.5. The number of fused-ring (bicyclic) bond motifs is 3.